The van der Waals surface area contributed by atoms with Gasteiger partial charge >= 0.3 is 0 Å². The Bertz CT molecular complexity index is 980. The molecule has 3 aromatic rings. The van der Waals surface area contributed by atoms with Crippen LogP contribution in [0.5, 0.6) is 0 Å². The normalized spacial score (nSPS) is 14.4. The van der Waals surface area contributed by atoms with Gasteiger partial charge in [0.1, 0.15) is 0 Å². The molecule has 28 heavy (non-hydrogen) atoms. The van der Waals surface area contributed by atoms with Crippen LogP contribution < -0.4 is 4.90 Å². The molecule has 1 aromatic heterocycles. The predicted octanol–water partition coefficient (Wildman–Crippen LogP) is 4.20. The lowest BCUT2D eigenvalue weighted by molar-refractivity contribution is 0.0746. The summed E-state index contributed by atoms with van der Waals surface area (Å²) in [6, 6.07) is 15.5. The molecular formula is C21H20Cl2N4O. The Hall–Kier alpha value is -2.50. The van der Waals surface area contributed by atoms with Gasteiger partial charge in [-0.05, 0) is 29.8 Å². The Kier molecular flexibility index (Phi) is 5.55. The van der Waals surface area contributed by atoms with E-state index in [1.54, 1.807) is 17.1 Å². The second kappa shape index (κ2) is 8.25. The lowest BCUT2D eigenvalue weighted by atomic mass is 10.2. The first-order valence-corrected chi connectivity index (χ1v) is 9.91. The van der Waals surface area contributed by atoms with Gasteiger partial charge in [0.05, 0.1) is 18.3 Å². The maximum Gasteiger partial charge on any atom is 0.257 e. The van der Waals surface area contributed by atoms with Crippen molar-refractivity contribution in [1.29, 1.82) is 0 Å². The number of rotatable bonds is 4. The van der Waals surface area contributed by atoms with E-state index in [0.29, 0.717) is 30.2 Å². The van der Waals surface area contributed by atoms with Crippen LogP contribution in [-0.2, 0) is 6.54 Å². The summed E-state index contributed by atoms with van der Waals surface area (Å²) in [5.74, 6) is 0.0103. The van der Waals surface area contributed by atoms with Crippen LogP contribution in [0.25, 0.3) is 0 Å². The summed E-state index contributed by atoms with van der Waals surface area (Å²) < 4.78 is 1.75. The summed E-state index contributed by atoms with van der Waals surface area (Å²) in [6.07, 6.45) is 3.41. The zero-order valence-electron chi connectivity index (χ0n) is 15.3. The molecule has 0 spiro atoms. The van der Waals surface area contributed by atoms with E-state index in [1.165, 1.54) is 0 Å². The van der Waals surface area contributed by atoms with Crippen LogP contribution in [-0.4, -0.2) is 46.8 Å². The van der Waals surface area contributed by atoms with Crippen molar-refractivity contribution in [3.8, 4) is 0 Å². The third-order valence-electron chi connectivity index (χ3n) is 4.91. The molecule has 1 aliphatic heterocycles. The van der Waals surface area contributed by atoms with Gasteiger partial charge in [0.15, 0.2) is 0 Å². The molecule has 0 saturated carbocycles. The van der Waals surface area contributed by atoms with Crippen LogP contribution in [0.4, 0.5) is 5.69 Å². The fourth-order valence-electron chi connectivity index (χ4n) is 3.38. The van der Waals surface area contributed by atoms with E-state index < -0.39 is 0 Å². The Morgan fingerprint density at radius 1 is 1.00 bits per heavy atom. The number of carbonyl (C=O) groups excluding carboxylic acids is 1. The van der Waals surface area contributed by atoms with Gasteiger partial charge in [-0.25, -0.2) is 0 Å². The van der Waals surface area contributed by atoms with E-state index in [-0.39, 0.29) is 5.91 Å². The standard InChI is InChI=1S/C21H20Cl2N4O/c22-18-5-3-6-19(12-18)25-8-10-26(11-9-25)21(28)17-13-24-27(15-17)14-16-4-1-2-7-20(16)23/h1-7,12-13,15H,8-11,14H2. The highest BCUT2D eigenvalue weighted by atomic mass is 35.5. The molecule has 0 atom stereocenters. The molecule has 4 rings (SSSR count). The maximum absolute atomic E-state index is 12.8. The van der Waals surface area contributed by atoms with Crippen LogP contribution in [0.1, 0.15) is 15.9 Å². The van der Waals surface area contributed by atoms with E-state index in [2.05, 4.69) is 10.00 Å². The van der Waals surface area contributed by atoms with Crippen LogP contribution in [0.2, 0.25) is 10.0 Å². The first kappa shape index (κ1) is 18.8. The Morgan fingerprint density at radius 2 is 1.79 bits per heavy atom. The minimum atomic E-state index is 0.0103. The highest BCUT2D eigenvalue weighted by Crippen LogP contribution is 2.21. The average molecular weight is 415 g/mol. The minimum Gasteiger partial charge on any atom is -0.368 e. The fourth-order valence-corrected chi connectivity index (χ4v) is 3.76. The van der Waals surface area contributed by atoms with Crippen molar-refractivity contribution in [1.82, 2.24) is 14.7 Å². The van der Waals surface area contributed by atoms with Gasteiger partial charge in [0.25, 0.3) is 5.91 Å². The van der Waals surface area contributed by atoms with Crippen molar-refractivity contribution < 1.29 is 4.79 Å². The van der Waals surface area contributed by atoms with E-state index in [1.807, 2.05) is 53.4 Å². The number of carbonyl (C=O) groups is 1. The van der Waals surface area contributed by atoms with Gasteiger partial charge in [-0.3, -0.25) is 9.48 Å². The topological polar surface area (TPSA) is 41.4 Å². The summed E-state index contributed by atoms with van der Waals surface area (Å²) in [4.78, 5) is 17.0. The second-order valence-corrected chi connectivity index (χ2v) is 7.62. The molecule has 5 nitrogen and oxygen atoms in total. The molecular weight excluding hydrogens is 395 g/mol. The number of piperazine rings is 1. The molecule has 1 fully saturated rings. The molecule has 0 aliphatic carbocycles. The summed E-state index contributed by atoms with van der Waals surface area (Å²) in [7, 11) is 0. The van der Waals surface area contributed by atoms with Crippen molar-refractivity contribution in [2.45, 2.75) is 6.54 Å². The SMILES string of the molecule is O=C(c1cnn(Cc2ccccc2Cl)c1)N1CCN(c2cccc(Cl)c2)CC1. The van der Waals surface area contributed by atoms with Crippen molar-refractivity contribution in [2.75, 3.05) is 31.1 Å². The predicted molar refractivity (Wildman–Crippen MR) is 112 cm³/mol. The number of anilines is 1. The first-order chi connectivity index (χ1) is 13.6. The number of benzene rings is 2. The zero-order valence-corrected chi connectivity index (χ0v) is 16.8. The largest absolute Gasteiger partial charge is 0.368 e. The Morgan fingerprint density at radius 3 is 2.54 bits per heavy atom. The van der Waals surface area contributed by atoms with Crippen LogP contribution in [0.3, 0.4) is 0 Å². The number of aromatic nitrogens is 2. The second-order valence-electron chi connectivity index (χ2n) is 6.78. The van der Waals surface area contributed by atoms with E-state index >= 15 is 0 Å². The lowest BCUT2D eigenvalue weighted by Gasteiger charge is -2.36. The average Bonchev–Trinajstić information content (AvgIpc) is 3.18. The maximum atomic E-state index is 12.8. The van der Waals surface area contributed by atoms with Gasteiger partial charge in [-0.2, -0.15) is 5.10 Å². The summed E-state index contributed by atoms with van der Waals surface area (Å²) in [5, 5.41) is 5.75. The molecule has 1 amide bonds. The molecule has 1 saturated heterocycles. The van der Waals surface area contributed by atoms with Crippen molar-refractivity contribution in [2.24, 2.45) is 0 Å². The van der Waals surface area contributed by atoms with Gasteiger partial charge in [-0.1, -0.05) is 47.5 Å². The number of halogens is 2. The molecule has 7 heteroatoms. The van der Waals surface area contributed by atoms with Gasteiger partial charge in [0.2, 0.25) is 0 Å². The number of nitrogens with zero attached hydrogens (tertiary/aromatic N) is 4. The highest BCUT2D eigenvalue weighted by Gasteiger charge is 2.23. The molecule has 144 valence electrons. The smallest absolute Gasteiger partial charge is 0.257 e. The highest BCUT2D eigenvalue weighted by molar-refractivity contribution is 6.31. The lowest BCUT2D eigenvalue weighted by Crippen LogP contribution is -2.48. The molecule has 1 aliphatic rings. The summed E-state index contributed by atoms with van der Waals surface area (Å²) in [6.45, 7) is 3.43. The molecule has 2 heterocycles. The number of hydrogen-bond donors (Lipinski definition) is 0. The number of hydrogen-bond acceptors (Lipinski definition) is 3. The van der Waals surface area contributed by atoms with Crippen LogP contribution in [0.15, 0.2) is 60.9 Å². The van der Waals surface area contributed by atoms with Crippen LogP contribution >= 0.6 is 23.2 Å². The van der Waals surface area contributed by atoms with Crippen molar-refractivity contribution >= 4 is 34.8 Å². The fraction of sp³-hybridized carbons (Fsp3) is 0.238. The number of amides is 1. The molecule has 2 aromatic carbocycles. The first-order valence-electron chi connectivity index (χ1n) is 9.16. The zero-order chi connectivity index (χ0) is 19.5. The van der Waals surface area contributed by atoms with Gasteiger partial charge in [0, 0.05) is 48.1 Å². The molecule has 0 bridgehead atoms. The molecule has 0 unspecified atom stereocenters. The summed E-state index contributed by atoms with van der Waals surface area (Å²) in [5.41, 5.74) is 2.66. The van der Waals surface area contributed by atoms with Crippen molar-refractivity contribution in [3.05, 3.63) is 82.1 Å². The molecule has 0 radical (unpaired) electrons. The van der Waals surface area contributed by atoms with E-state index in [0.717, 1.165) is 29.4 Å². The molecule has 0 N–H and O–H groups in total. The van der Waals surface area contributed by atoms with Crippen LogP contribution in [0, 0.1) is 0 Å². The van der Waals surface area contributed by atoms with E-state index in [4.69, 9.17) is 23.2 Å². The quantitative estimate of drug-likeness (QED) is 0.642. The third-order valence-corrected chi connectivity index (χ3v) is 5.51. The Balaban J connectivity index is 1.38. The minimum absolute atomic E-state index is 0.0103. The van der Waals surface area contributed by atoms with Gasteiger partial charge in [-0.15, -0.1) is 0 Å². The Labute approximate surface area is 174 Å². The third kappa shape index (κ3) is 4.16. The summed E-state index contributed by atoms with van der Waals surface area (Å²) >= 11 is 12.3. The van der Waals surface area contributed by atoms with E-state index in [9.17, 15) is 4.79 Å². The monoisotopic (exact) mass is 414 g/mol. The van der Waals surface area contributed by atoms with Crippen molar-refractivity contribution in [3.63, 3.8) is 0 Å². The van der Waals surface area contributed by atoms with Gasteiger partial charge < -0.3 is 9.80 Å².